The van der Waals surface area contributed by atoms with E-state index < -0.39 is 17.7 Å². The number of carbonyl (C=O) groups is 3. The first-order valence-corrected chi connectivity index (χ1v) is 10.8. The molecular formula is C22H23N5O4S. The van der Waals surface area contributed by atoms with Crippen LogP contribution >= 0.6 is 11.8 Å². The van der Waals surface area contributed by atoms with Gasteiger partial charge >= 0.3 is 0 Å². The van der Waals surface area contributed by atoms with E-state index in [2.05, 4.69) is 26.1 Å². The molecule has 0 fully saturated rings. The summed E-state index contributed by atoms with van der Waals surface area (Å²) in [6.07, 6.45) is 1.39. The molecule has 32 heavy (non-hydrogen) atoms. The third-order valence-electron chi connectivity index (χ3n) is 4.24. The highest BCUT2D eigenvalue weighted by atomic mass is 32.2. The van der Waals surface area contributed by atoms with Gasteiger partial charge in [0.25, 0.3) is 11.8 Å². The van der Waals surface area contributed by atoms with Crippen LogP contribution in [0.15, 0.2) is 58.3 Å². The first-order chi connectivity index (χ1) is 15.4. The third-order valence-corrected chi connectivity index (χ3v) is 5.16. The van der Waals surface area contributed by atoms with Gasteiger partial charge in [0.1, 0.15) is 0 Å². The summed E-state index contributed by atoms with van der Waals surface area (Å²) in [6.45, 7) is 3.97. The van der Waals surface area contributed by atoms with E-state index in [1.54, 1.807) is 18.2 Å². The monoisotopic (exact) mass is 453 g/mol. The third kappa shape index (κ3) is 6.95. The lowest BCUT2D eigenvalue weighted by molar-refractivity contribution is -0.121. The SMILES string of the molecule is Cc1cc(C)nc(SCc2ccc(C(=O)NNC(=O)CCNC(=O)c3ccco3)cc2)n1. The van der Waals surface area contributed by atoms with Gasteiger partial charge in [0.2, 0.25) is 5.91 Å². The number of nitrogens with one attached hydrogen (secondary N) is 3. The lowest BCUT2D eigenvalue weighted by Gasteiger charge is -2.08. The largest absolute Gasteiger partial charge is 0.459 e. The Morgan fingerprint density at radius 3 is 2.34 bits per heavy atom. The van der Waals surface area contributed by atoms with Crippen molar-refractivity contribution in [3.05, 3.63) is 77.0 Å². The molecule has 0 aliphatic heterocycles. The summed E-state index contributed by atoms with van der Waals surface area (Å²) in [5.41, 5.74) is 7.97. The molecule has 3 rings (SSSR count). The minimum Gasteiger partial charge on any atom is -0.459 e. The van der Waals surface area contributed by atoms with Gasteiger partial charge in [-0.05, 0) is 49.7 Å². The molecule has 0 aliphatic rings. The van der Waals surface area contributed by atoms with E-state index in [4.69, 9.17) is 4.42 Å². The molecule has 0 spiro atoms. The Morgan fingerprint density at radius 2 is 1.69 bits per heavy atom. The second-order valence-electron chi connectivity index (χ2n) is 6.90. The number of aryl methyl sites for hydroxylation is 2. The van der Waals surface area contributed by atoms with Crippen LogP contribution in [0.1, 0.15) is 44.3 Å². The summed E-state index contributed by atoms with van der Waals surface area (Å²) in [5, 5.41) is 3.27. The van der Waals surface area contributed by atoms with Gasteiger partial charge in [0.15, 0.2) is 10.9 Å². The van der Waals surface area contributed by atoms with Gasteiger partial charge in [0.05, 0.1) is 6.26 Å². The Labute approximate surface area is 189 Å². The van der Waals surface area contributed by atoms with Gasteiger partial charge in [-0.2, -0.15) is 0 Å². The Morgan fingerprint density at radius 1 is 0.969 bits per heavy atom. The van der Waals surface area contributed by atoms with Gasteiger partial charge in [-0.25, -0.2) is 9.97 Å². The van der Waals surface area contributed by atoms with Crippen molar-refractivity contribution in [1.82, 2.24) is 26.1 Å². The summed E-state index contributed by atoms with van der Waals surface area (Å²) >= 11 is 1.52. The maximum absolute atomic E-state index is 12.2. The summed E-state index contributed by atoms with van der Waals surface area (Å²) in [5.74, 6) is -0.434. The summed E-state index contributed by atoms with van der Waals surface area (Å²) in [7, 11) is 0. The van der Waals surface area contributed by atoms with Crippen molar-refractivity contribution < 1.29 is 18.8 Å². The van der Waals surface area contributed by atoms with Gasteiger partial charge in [-0.3, -0.25) is 25.2 Å². The first kappa shape index (κ1) is 23.0. The Bertz CT molecular complexity index is 1060. The van der Waals surface area contributed by atoms with Crippen molar-refractivity contribution in [2.75, 3.05) is 6.54 Å². The van der Waals surface area contributed by atoms with Crippen LogP contribution in [0.3, 0.4) is 0 Å². The average molecular weight is 454 g/mol. The van der Waals surface area contributed by atoms with Crippen molar-refractivity contribution in [2.24, 2.45) is 0 Å². The number of amides is 3. The second kappa shape index (κ2) is 11.1. The Hall–Kier alpha value is -3.66. The first-order valence-electron chi connectivity index (χ1n) is 9.85. The molecule has 166 valence electrons. The van der Waals surface area contributed by atoms with Crippen molar-refractivity contribution >= 4 is 29.5 Å². The number of furan rings is 1. The normalized spacial score (nSPS) is 10.4. The molecule has 0 radical (unpaired) electrons. The fraction of sp³-hybridized carbons (Fsp3) is 0.227. The number of carbonyl (C=O) groups excluding carboxylic acids is 3. The minimum absolute atomic E-state index is 0.00337. The molecule has 0 atom stereocenters. The van der Waals surface area contributed by atoms with E-state index in [1.165, 1.54) is 24.1 Å². The lowest BCUT2D eigenvalue weighted by atomic mass is 10.1. The standard InChI is InChI=1S/C22H23N5O4S/c1-14-12-15(2)25-22(24-14)32-13-16-5-7-17(8-6-16)20(29)27-26-19(28)9-10-23-21(30)18-4-3-11-31-18/h3-8,11-12H,9-10,13H2,1-2H3,(H,23,30)(H,26,28)(H,27,29). The van der Waals surface area contributed by atoms with Crippen LogP contribution < -0.4 is 16.2 Å². The van der Waals surface area contributed by atoms with E-state index >= 15 is 0 Å². The van der Waals surface area contributed by atoms with Crippen LogP contribution in [0.25, 0.3) is 0 Å². The molecule has 2 heterocycles. The zero-order valence-electron chi connectivity index (χ0n) is 17.7. The molecule has 10 heteroatoms. The fourth-order valence-electron chi connectivity index (χ4n) is 2.70. The van der Waals surface area contributed by atoms with Crippen LogP contribution in [-0.2, 0) is 10.5 Å². The van der Waals surface area contributed by atoms with Gasteiger partial charge in [-0.15, -0.1) is 0 Å². The molecule has 3 aromatic rings. The number of hydrogen-bond acceptors (Lipinski definition) is 7. The van der Waals surface area contributed by atoms with Crippen molar-refractivity contribution in [2.45, 2.75) is 31.2 Å². The molecule has 3 N–H and O–H groups in total. The van der Waals surface area contributed by atoms with Crippen molar-refractivity contribution in [3.8, 4) is 0 Å². The number of hydrogen-bond donors (Lipinski definition) is 3. The number of thioether (sulfide) groups is 1. The van der Waals surface area contributed by atoms with Crippen LogP contribution in [0.2, 0.25) is 0 Å². The van der Waals surface area contributed by atoms with Crippen molar-refractivity contribution in [1.29, 1.82) is 0 Å². The molecule has 0 saturated heterocycles. The van der Waals surface area contributed by atoms with Gasteiger partial charge < -0.3 is 9.73 Å². The molecule has 9 nitrogen and oxygen atoms in total. The lowest BCUT2D eigenvalue weighted by Crippen LogP contribution is -2.42. The molecule has 0 unspecified atom stereocenters. The number of hydrazine groups is 1. The Kier molecular flexibility index (Phi) is 7.98. The predicted molar refractivity (Wildman–Crippen MR) is 119 cm³/mol. The quantitative estimate of drug-likeness (QED) is 0.272. The minimum atomic E-state index is -0.435. The van der Waals surface area contributed by atoms with Gasteiger partial charge in [-0.1, -0.05) is 23.9 Å². The molecule has 0 saturated carbocycles. The number of nitrogens with zero attached hydrogens (tertiary/aromatic N) is 2. The van der Waals surface area contributed by atoms with Gasteiger partial charge in [0, 0.05) is 35.7 Å². The molecular weight excluding hydrogens is 430 g/mol. The zero-order valence-corrected chi connectivity index (χ0v) is 18.5. The smallest absolute Gasteiger partial charge is 0.286 e. The molecule has 0 aliphatic carbocycles. The fourth-order valence-corrected chi connectivity index (χ4v) is 3.61. The highest BCUT2D eigenvalue weighted by Gasteiger charge is 2.10. The summed E-state index contributed by atoms with van der Waals surface area (Å²) in [6, 6.07) is 12.1. The molecule has 1 aromatic carbocycles. The summed E-state index contributed by atoms with van der Waals surface area (Å²) in [4.78, 5) is 44.6. The molecule has 3 amide bonds. The number of rotatable bonds is 8. The molecule has 2 aromatic heterocycles. The highest BCUT2D eigenvalue weighted by Crippen LogP contribution is 2.20. The van der Waals surface area contributed by atoms with E-state index in [1.807, 2.05) is 32.0 Å². The second-order valence-corrected chi connectivity index (χ2v) is 7.85. The van der Waals surface area contributed by atoms with Crippen LogP contribution in [0.4, 0.5) is 0 Å². The highest BCUT2D eigenvalue weighted by molar-refractivity contribution is 7.98. The number of aromatic nitrogens is 2. The van der Waals surface area contributed by atoms with Crippen LogP contribution in [0.5, 0.6) is 0 Å². The topological polar surface area (TPSA) is 126 Å². The summed E-state index contributed by atoms with van der Waals surface area (Å²) < 4.78 is 4.96. The van der Waals surface area contributed by atoms with Crippen LogP contribution in [0, 0.1) is 13.8 Å². The van der Waals surface area contributed by atoms with E-state index in [9.17, 15) is 14.4 Å². The number of benzene rings is 1. The van der Waals surface area contributed by atoms with Crippen molar-refractivity contribution in [3.63, 3.8) is 0 Å². The maximum Gasteiger partial charge on any atom is 0.286 e. The predicted octanol–water partition coefficient (Wildman–Crippen LogP) is 2.56. The van der Waals surface area contributed by atoms with E-state index in [0.717, 1.165) is 17.0 Å². The molecule has 0 bridgehead atoms. The average Bonchev–Trinajstić information content (AvgIpc) is 3.31. The van der Waals surface area contributed by atoms with E-state index in [0.29, 0.717) is 16.5 Å². The maximum atomic E-state index is 12.2. The van der Waals surface area contributed by atoms with E-state index in [-0.39, 0.29) is 18.7 Å². The Balaban J connectivity index is 1.39. The van der Waals surface area contributed by atoms with Crippen LogP contribution in [-0.4, -0.2) is 34.2 Å². The zero-order chi connectivity index (χ0) is 22.9.